The molecule has 0 saturated carbocycles. The van der Waals surface area contributed by atoms with Crippen molar-refractivity contribution in [3.8, 4) is 0 Å². The first-order chi connectivity index (χ1) is 14.0. The Balaban J connectivity index is 2.25. The van der Waals surface area contributed by atoms with Gasteiger partial charge in [0.05, 0.1) is 16.8 Å². The number of nitrogen functional groups attached to an aromatic ring is 1. The summed E-state index contributed by atoms with van der Waals surface area (Å²) in [5, 5.41) is 0. The summed E-state index contributed by atoms with van der Waals surface area (Å²) in [6.07, 6.45) is -15.7. The minimum atomic E-state index is -5.42. The van der Waals surface area contributed by atoms with E-state index < -0.39 is 40.8 Å². The second-order valence-electron chi connectivity index (χ2n) is 6.53. The molecule has 3 rings (SSSR count). The Bertz CT molecular complexity index is 1010. The summed E-state index contributed by atoms with van der Waals surface area (Å²) in [5.41, 5.74) is -1.24. The lowest BCUT2D eigenvalue weighted by Gasteiger charge is -2.29. The van der Waals surface area contributed by atoms with Crippen LogP contribution >= 0.6 is 15.9 Å². The van der Waals surface area contributed by atoms with E-state index in [4.69, 9.17) is 5.73 Å². The fraction of sp³-hybridized carbons (Fsp3) is 0.222. The zero-order chi connectivity index (χ0) is 23.4. The normalized spacial score (nSPS) is 19.9. The molecule has 0 aromatic heterocycles. The fourth-order valence-corrected chi connectivity index (χ4v) is 3.23. The molecule has 1 heterocycles. The molecule has 13 heteroatoms. The van der Waals surface area contributed by atoms with Crippen LogP contribution < -0.4 is 11.2 Å². The van der Waals surface area contributed by atoms with Gasteiger partial charge in [-0.15, -0.1) is 0 Å². The van der Waals surface area contributed by atoms with Crippen molar-refractivity contribution in [3.63, 3.8) is 0 Å². The van der Waals surface area contributed by atoms with Gasteiger partial charge in [-0.25, -0.2) is 0 Å². The van der Waals surface area contributed by atoms with Crippen LogP contribution in [-0.4, -0.2) is 6.18 Å². The molecule has 0 amide bonds. The van der Waals surface area contributed by atoms with Crippen molar-refractivity contribution in [1.82, 2.24) is 5.48 Å². The molecule has 1 aliphatic heterocycles. The third-order valence-electron chi connectivity index (χ3n) is 4.42. The first-order valence-electron chi connectivity index (χ1n) is 8.13. The number of benzene rings is 2. The van der Waals surface area contributed by atoms with Crippen LogP contribution in [0.5, 0.6) is 0 Å². The summed E-state index contributed by atoms with van der Waals surface area (Å²) in [6, 6.07) is 3.62. The van der Waals surface area contributed by atoms with Gasteiger partial charge in [0.25, 0.3) is 0 Å². The average Bonchev–Trinajstić information content (AvgIpc) is 3.09. The molecule has 0 bridgehead atoms. The van der Waals surface area contributed by atoms with Crippen LogP contribution in [0.4, 0.5) is 45.2 Å². The number of hydrogen-bond acceptors (Lipinski definition) is 3. The molecule has 3 nitrogen and oxygen atoms in total. The molecule has 1 atom stereocenters. The smallest absolute Gasteiger partial charge is 0.398 e. The van der Waals surface area contributed by atoms with Crippen LogP contribution in [0.15, 0.2) is 46.9 Å². The van der Waals surface area contributed by atoms with Gasteiger partial charge in [0.15, 0.2) is 0 Å². The number of nitrogens with two attached hydrogens (primary N) is 1. The highest BCUT2D eigenvalue weighted by atomic mass is 79.9. The van der Waals surface area contributed by atoms with Crippen LogP contribution in [0.1, 0.15) is 22.3 Å². The van der Waals surface area contributed by atoms with Gasteiger partial charge in [-0.3, -0.25) is 10.3 Å². The minimum Gasteiger partial charge on any atom is -0.398 e. The minimum absolute atomic E-state index is 0.0251. The predicted octanol–water partition coefficient (Wildman–Crippen LogP) is 6.40. The number of rotatable bonds is 2. The van der Waals surface area contributed by atoms with Gasteiger partial charge in [-0.2, -0.15) is 39.5 Å². The predicted molar refractivity (Wildman–Crippen MR) is 94.9 cm³/mol. The zero-order valence-corrected chi connectivity index (χ0v) is 16.4. The van der Waals surface area contributed by atoms with Crippen molar-refractivity contribution < 1.29 is 44.4 Å². The van der Waals surface area contributed by atoms with E-state index in [2.05, 4.69) is 20.8 Å². The summed E-state index contributed by atoms with van der Waals surface area (Å²) >= 11 is 3.08. The van der Waals surface area contributed by atoms with Crippen LogP contribution in [0.2, 0.25) is 0 Å². The Hall–Kier alpha value is -2.41. The highest BCUT2D eigenvalue weighted by Gasteiger charge is 2.60. The zero-order valence-electron chi connectivity index (χ0n) is 14.8. The van der Waals surface area contributed by atoms with Gasteiger partial charge in [-0.05, 0) is 52.3 Å². The summed E-state index contributed by atoms with van der Waals surface area (Å²) in [5.74, 6) is 0. The van der Waals surface area contributed by atoms with Crippen molar-refractivity contribution in [2.24, 2.45) is 0 Å². The lowest BCUT2D eigenvalue weighted by atomic mass is 9.88. The van der Waals surface area contributed by atoms with E-state index in [0.29, 0.717) is 10.5 Å². The molecule has 0 spiro atoms. The fourth-order valence-electron chi connectivity index (χ4n) is 2.85. The first kappa shape index (κ1) is 23.3. The van der Waals surface area contributed by atoms with Crippen LogP contribution in [0, 0.1) is 0 Å². The quantitative estimate of drug-likeness (QED) is 0.355. The van der Waals surface area contributed by atoms with Gasteiger partial charge in [0, 0.05) is 21.3 Å². The summed E-state index contributed by atoms with van der Waals surface area (Å²) in [4.78, 5) is 4.61. The van der Waals surface area contributed by atoms with Crippen molar-refractivity contribution in [1.29, 1.82) is 0 Å². The van der Waals surface area contributed by atoms with Gasteiger partial charge in [0.1, 0.15) is 0 Å². The van der Waals surface area contributed by atoms with E-state index >= 15 is 0 Å². The summed E-state index contributed by atoms with van der Waals surface area (Å²) in [7, 11) is 0. The first-order valence-corrected chi connectivity index (χ1v) is 8.93. The molecular weight excluding hydrogens is 511 g/mol. The molecule has 1 unspecified atom stereocenters. The maximum Gasteiger partial charge on any atom is 0.428 e. The number of alkyl halides is 9. The number of anilines is 1. The number of hydroxylamine groups is 1. The Labute approximate surface area is 176 Å². The van der Waals surface area contributed by atoms with Gasteiger partial charge < -0.3 is 5.73 Å². The SMILES string of the molecule is Nc1ccc(C2=CC(c3cc(C(F)(F)F)cc(C(F)(F)F)c3)(C(F)(F)F)ON2)cc1Br. The lowest BCUT2D eigenvalue weighted by Crippen LogP contribution is -2.43. The van der Waals surface area contributed by atoms with Crippen molar-refractivity contribution in [3.05, 3.63) is 69.2 Å². The van der Waals surface area contributed by atoms with Crippen LogP contribution in [0.3, 0.4) is 0 Å². The van der Waals surface area contributed by atoms with Crippen molar-refractivity contribution >= 4 is 27.3 Å². The molecule has 168 valence electrons. The number of hydrogen-bond donors (Lipinski definition) is 2. The maximum atomic E-state index is 14.0. The Morgan fingerprint density at radius 2 is 1.39 bits per heavy atom. The largest absolute Gasteiger partial charge is 0.428 e. The molecule has 3 N–H and O–H groups in total. The monoisotopic (exact) mass is 520 g/mol. The van der Waals surface area contributed by atoms with Crippen LogP contribution in [-0.2, 0) is 22.8 Å². The molecule has 2 aromatic rings. The molecule has 0 radical (unpaired) electrons. The van der Waals surface area contributed by atoms with Gasteiger partial charge in [0.2, 0.25) is 5.60 Å². The number of halogens is 10. The van der Waals surface area contributed by atoms with E-state index in [1.54, 1.807) is 0 Å². The second kappa shape index (κ2) is 7.33. The van der Waals surface area contributed by atoms with Gasteiger partial charge >= 0.3 is 18.5 Å². The van der Waals surface area contributed by atoms with E-state index in [0.717, 1.165) is 0 Å². The Morgan fingerprint density at radius 1 is 0.839 bits per heavy atom. The Morgan fingerprint density at radius 3 is 1.84 bits per heavy atom. The second-order valence-corrected chi connectivity index (χ2v) is 7.38. The molecule has 0 saturated heterocycles. The molecule has 1 aliphatic rings. The van der Waals surface area contributed by atoms with Crippen molar-refractivity contribution in [2.45, 2.75) is 24.1 Å². The molecule has 0 fully saturated rings. The highest BCUT2D eigenvalue weighted by molar-refractivity contribution is 9.10. The Kier molecular flexibility index (Phi) is 5.50. The third kappa shape index (κ3) is 4.33. The number of nitrogens with one attached hydrogen (secondary N) is 1. The summed E-state index contributed by atoms with van der Waals surface area (Å²) in [6.45, 7) is 0. The van der Waals surface area contributed by atoms with Gasteiger partial charge in [-0.1, -0.05) is 6.07 Å². The van der Waals surface area contributed by atoms with E-state index in [9.17, 15) is 39.5 Å². The lowest BCUT2D eigenvalue weighted by molar-refractivity contribution is -0.269. The van der Waals surface area contributed by atoms with E-state index in [-0.39, 0.29) is 35.1 Å². The van der Waals surface area contributed by atoms with E-state index in [1.165, 1.54) is 18.2 Å². The third-order valence-corrected chi connectivity index (χ3v) is 5.11. The molecule has 0 aliphatic carbocycles. The topological polar surface area (TPSA) is 47.3 Å². The molecular formula is C18H10BrF9N2O. The van der Waals surface area contributed by atoms with E-state index in [1.807, 2.05) is 5.48 Å². The highest BCUT2D eigenvalue weighted by Crippen LogP contribution is 2.49. The average molecular weight is 521 g/mol. The molecule has 31 heavy (non-hydrogen) atoms. The van der Waals surface area contributed by atoms with Crippen LogP contribution in [0.25, 0.3) is 5.70 Å². The maximum absolute atomic E-state index is 14.0. The van der Waals surface area contributed by atoms with Crippen molar-refractivity contribution in [2.75, 3.05) is 5.73 Å². The summed E-state index contributed by atoms with van der Waals surface area (Å²) < 4.78 is 121. The standard InChI is InChI=1S/C18H10BrF9N2O/c19-12-3-8(1-2-13(12)29)14-7-15(31-30-14,18(26,27)28)9-4-10(16(20,21)22)6-11(5-9)17(23,24)25/h1-7,30H,29H2. The molecule has 2 aromatic carbocycles.